The number of aromatic nitrogens is 2. The second-order valence-corrected chi connectivity index (χ2v) is 5.21. The first-order valence-corrected chi connectivity index (χ1v) is 7.30. The number of benzene rings is 2. The van der Waals surface area contributed by atoms with Gasteiger partial charge in [-0.25, -0.2) is 10.4 Å². The smallest absolute Gasteiger partial charge is 0.318 e. The van der Waals surface area contributed by atoms with E-state index in [9.17, 15) is 30.1 Å². The molecule has 1 heterocycles. The second-order valence-electron chi connectivity index (χ2n) is 5.21. The summed E-state index contributed by atoms with van der Waals surface area (Å²) >= 11 is 0. The van der Waals surface area contributed by atoms with E-state index >= 15 is 0 Å². The minimum atomic E-state index is -1.06. The topological polar surface area (TPSA) is 177 Å². The molecule has 0 unspecified atom stereocenters. The van der Waals surface area contributed by atoms with Crippen molar-refractivity contribution in [2.24, 2.45) is 5.10 Å². The van der Waals surface area contributed by atoms with Gasteiger partial charge < -0.3 is 10.1 Å². The highest BCUT2D eigenvalue weighted by Gasteiger charge is 2.27. The van der Waals surface area contributed by atoms with Gasteiger partial charge in [0, 0.05) is 6.07 Å². The van der Waals surface area contributed by atoms with Crippen LogP contribution in [0.1, 0.15) is 16.2 Å². The lowest BCUT2D eigenvalue weighted by Gasteiger charge is -2.03. The Hall–Kier alpha value is -4.35. The molecular weight excluding hydrogens is 360 g/mol. The molecule has 1 aromatic heterocycles. The monoisotopic (exact) mass is 370 g/mol. The van der Waals surface area contributed by atoms with Crippen LogP contribution in [-0.2, 0) is 0 Å². The number of aromatic hydroxyl groups is 1. The maximum atomic E-state index is 12.1. The molecule has 0 saturated heterocycles. The Bertz CT molecular complexity index is 1070. The highest BCUT2D eigenvalue weighted by molar-refractivity contribution is 5.99. The normalized spacial score (nSPS) is 11.0. The van der Waals surface area contributed by atoms with Crippen LogP contribution in [0, 0.1) is 20.2 Å². The Morgan fingerprint density at radius 3 is 2.63 bits per heavy atom. The van der Waals surface area contributed by atoms with Gasteiger partial charge in [0.15, 0.2) is 5.82 Å². The molecule has 0 saturated carbocycles. The van der Waals surface area contributed by atoms with E-state index in [0.29, 0.717) is 23.5 Å². The highest BCUT2D eigenvalue weighted by Crippen LogP contribution is 2.34. The van der Waals surface area contributed by atoms with Crippen LogP contribution in [0.5, 0.6) is 5.75 Å². The van der Waals surface area contributed by atoms with Crippen molar-refractivity contribution < 1.29 is 19.7 Å². The maximum absolute atomic E-state index is 12.1. The predicted molar refractivity (Wildman–Crippen MR) is 92.6 cm³/mol. The van der Waals surface area contributed by atoms with Crippen LogP contribution in [0.15, 0.2) is 41.5 Å². The van der Waals surface area contributed by atoms with Gasteiger partial charge in [0.25, 0.3) is 11.6 Å². The van der Waals surface area contributed by atoms with E-state index in [1.165, 1.54) is 6.21 Å². The van der Waals surface area contributed by atoms with Crippen molar-refractivity contribution in [1.29, 1.82) is 0 Å². The molecule has 3 N–H and O–H groups in total. The summed E-state index contributed by atoms with van der Waals surface area (Å²) in [5.74, 6) is -1.74. The minimum absolute atomic E-state index is 0.325. The molecule has 0 fully saturated rings. The summed E-state index contributed by atoms with van der Waals surface area (Å²) in [6.45, 7) is 0. The number of imidazole rings is 1. The lowest BCUT2D eigenvalue weighted by Crippen LogP contribution is -2.18. The van der Waals surface area contributed by atoms with Crippen molar-refractivity contribution >= 4 is 34.5 Å². The van der Waals surface area contributed by atoms with Crippen molar-refractivity contribution in [2.45, 2.75) is 0 Å². The van der Waals surface area contributed by atoms with E-state index in [4.69, 9.17) is 0 Å². The maximum Gasteiger partial charge on any atom is 0.318 e. The number of amides is 1. The summed E-state index contributed by atoms with van der Waals surface area (Å²) < 4.78 is 0. The molecule has 2 aromatic carbocycles. The number of fused-ring (bicyclic) bond motifs is 1. The Balaban J connectivity index is 1.85. The first-order chi connectivity index (χ1) is 12.9. The molecule has 0 aliphatic carbocycles. The summed E-state index contributed by atoms with van der Waals surface area (Å²) in [6, 6.07) is 8.43. The van der Waals surface area contributed by atoms with Gasteiger partial charge in [0.1, 0.15) is 0 Å². The number of hydrogen-bond donors (Lipinski definition) is 3. The van der Waals surface area contributed by atoms with Crippen LogP contribution in [0.2, 0.25) is 0 Å². The zero-order chi connectivity index (χ0) is 19.6. The Morgan fingerprint density at radius 1 is 1.22 bits per heavy atom. The number of phenolic OH excluding ortho intramolecular Hbond substituents is 1. The van der Waals surface area contributed by atoms with Gasteiger partial charge in [0.2, 0.25) is 5.75 Å². The molecule has 1 amide bonds. The third-order valence-corrected chi connectivity index (χ3v) is 3.49. The molecular formula is C15H10N6O6. The van der Waals surface area contributed by atoms with Gasteiger partial charge in [-0.2, -0.15) is 5.10 Å². The molecule has 0 spiro atoms. The molecule has 136 valence electrons. The minimum Gasteiger partial charge on any atom is -0.502 e. The number of para-hydroxylation sites is 2. The number of rotatable bonds is 5. The third kappa shape index (κ3) is 3.53. The summed E-state index contributed by atoms with van der Waals surface area (Å²) in [4.78, 5) is 39.1. The fraction of sp³-hybridized carbons (Fsp3) is 0. The predicted octanol–water partition coefficient (Wildman–Crippen LogP) is 1.85. The van der Waals surface area contributed by atoms with Gasteiger partial charge in [-0.05, 0) is 12.1 Å². The van der Waals surface area contributed by atoms with E-state index in [0.717, 1.165) is 5.52 Å². The SMILES string of the molecule is O=C(NN=Cc1nc2ccccc2[nH]1)c1cc([N+](=O)[O-])cc([N+](=O)[O-])c1O. The van der Waals surface area contributed by atoms with Crippen LogP contribution < -0.4 is 5.43 Å². The number of phenols is 1. The molecule has 27 heavy (non-hydrogen) atoms. The average molecular weight is 370 g/mol. The third-order valence-electron chi connectivity index (χ3n) is 3.49. The molecule has 0 atom stereocenters. The summed E-state index contributed by atoms with van der Waals surface area (Å²) in [5.41, 5.74) is 1.12. The van der Waals surface area contributed by atoms with Crippen LogP contribution in [0.4, 0.5) is 11.4 Å². The number of carbonyl (C=O) groups excluding carboxylic acids is 1. The van der Waals surface area contributed by atoms with Crippen LogP contribution >= 0.6 is 0 Å². The molecule has 3 rings (SSSR count). The number of aromatic amines is 1. The van der Waals surface area contributed by atoms with Crippen LogP contribution in [0.25, 0.3) is 11.0 Å². The summed E-state index contributed by atoms with van der Waals surface area (Å²) in [5, 5.41) is 35.3. The fourth-order valence-electron chi connectivity index (χ4n) is 2.27. The zero-order valence-corrected chi connectivity index (χ0v) is 13.3. The summed E-state index contributed by atoms with van der Waals surface area (Å²) in [6.07, 6.45) is 1.18. The van der Waals surface area contributed by atoms with Gasteiger partial charge >= 0.3 is 5.69 Å². The van der Waals surface area contributed by atoms with Gasteiger partial charge in [-0.1, -0.05) is 12.1 Å². The molecule has 12 nitrogen and oxygen atoms in total. The van der Waals surface area contributed by atoms with Gasteiger partial charge in [-0.15, -0.1) is 0 Å². The number of carbonyl (C=O) groups is 1. The second kappa shape index (κ2) is 6.87. The molecule has 12 heteroatoms. The van der Waals surface area contributed by atoms with E-state index < -0.39 is 38.4 Å². The first kappa shape index (κ1) is 17.5. The fourth-order valence-corrected chi connectivity index (χ4v) is 2.27. The van der Waals surface area contributed by atoms with E-state index in [1.54, 1.807) is 24.3 Å². The molecule has 0 aliphatic rings. The number of hydrogen-bond acceptors (Lipinski definition) is 8. The molecule has 0 radical (unpaired) electrons. The standard InChI is InChI=1S/C15H10N6O6/c22-14-9(5-8(20(24)25)6-12(14)21(26)27)15(23)19-16-7-13-17-10-3-1-2-4-11(10)18-13/h1-7,22H,(H,17,18)(H,19,23). The number of nitro benzene ring substituents is 2. The van der Waals surface area contributed by atoms with Crippen LogP contribution in [-0.4, -0.2) is 37.0 Å². The van der Waals surface area contributed by atoms with E-state index in [-0.39, 0.29) is 0 Å². The van der Waals surface area contributed by atoms with Crippen LogP contribution in [0.3, 0.4) is 0 Å². The Labute approximate surface area is 149 Å². The number of hydrazone groups is 1. The average Bonchev–Trinajstić information content (AvgIpc) is 3.04. The molecule has 3 aromatic rings. The lowest BCUT2D eigenvalue weighted by atomic mass is 10.1. The van der Waals surface area contributed by atoms with E-state index in [1.807, 2.05) is 5.43 Å². The summed E-state index contributed by atoms with van der Waals surface area (Å²) in [7, 11) is 0. The zero-order valence-electron chi connectivity index (χ0n) is 13.3. The van der Waals surface area contributed by atoms with Crippen molar-refractivity contribution in [3.8, 4) is 5.75 Å². The van der Waals surface area contributed by atoms with E-state index in [2.05, 4.69) is 15.1 Å². The van der Waals surface area contributed by atoms with Crippen molar-refractivity contribution in [3.63, 3.8) is 0 Å². The van der Waals surface area contributed by atoms with Crippen molar-refractivity contribution in [2.75, 3.05) is 0 Å². The quantitative estimate of drug-likeness (QED) is 0.348. The number of nitrogens with one attached hydrogen (secondary N) is 2. The first-order valence-electron chi connectivity index (χ1n) is 7.30. The number of non-ortho nitro benzene ring substituents is 1. The number of H-pyrrole nitrogens is 1. The lowest BCUT2D eigenvalue weighted by molar-refractivity contribution is -0.394. The number of nitrogens with zero attached hydrogens (tertiary/aromatic N) is 4. The molecule has 0 bridgehead atoms. The highest BCUT2D eigenvalue weighted by atomic mass is 16.6. The number of nitro groups is 2. The largest absolute Gasteiger partial charge is 0.502 e. The van der Waals surface area contributed by atoms with Gasteiger partial charge in [-0.3, -0.25) is 25.0 Å². The van der Waals surface area contributed by atoms with Crippen molar-refractivity contribution in [1.82, 2.24) is 15.4 Å². The Morgan fingerprint density at radius 2 is 1.96 bits per heavy atom. The van der Waals surface area contributed by atoms with Crippen molar-refractivity contribution in [3.05, 3.63) is 68.0 Å². The Kier molecular flexibility index (Phi) is 4.45. The van der Waals surface area contributed by atoms with Gasteiger partial charge in [0.05, 0.1) is 38.7 Å². The molecule has 0 aliphatic heterocycles.